The van der Waals surface area contributed by atoms with Crippen LogP contribution in [0.15, 0.2) is 0 Å². The molecule has 0 spiro atoms. The average Bonchev–Trinajstić information content (AvgIpc) is 2.42. The van der Waals surface area contributed by atoms with Crippen LogP contribution in [0.2, 0.25) is 10.6 Å². The molecule has 0 aromatic rings. The van der Waals surface area contributed by atoms with Crippen LogP contribution < -0.4 is 10.9 Å². The Morgan fingerprint density at radius 3 is 1.89 bits per heavy atom. The lowest BCUT2D eigenvalue weighted by Crippen LogP contribution is -2.45. The molecule has 0 saturated heterocycles. The fraction of sp³-hybridized carbons (Fsp3) is 0.833. The van der Waals surface area contributed by atoms with Crippen LogP contribution in [-0.2, 0) is 9.59 Å². The van der Waals surface area contributed by atoms with Crippen molar-refractivity contribution in [1.82, 2.24) is 10.9 Å². The summed E-state index contributed by atoms with van der Waals surface area (Å²) in [5, 5.41) is 1.16. The first kappa shape index (κ1) is 16.9. The Morgan fingerprint density at radius 1 is 1.11 bits per heavy atom. The number of hydrogen-bond donors (Lipinski definition) is 2. The fourth-order valence-corrected chi connectivity index (χ4v) is 2.39. The Balaban J connectivity index is 5.30. The second-order valence-electron chi connectivity index (χ2n) is 5.08. The molecule has 104 valence electrons. The van der Waals surface area contributed by atoms with Crippen LogP contribution in [0, 0.1) is 0 Å². The van der Waals surface area contributed by atoms with Gasteiger partial charge in [-0.1, -0.05) is 27.7 Å². The van der Waals surface area contributed by atoms with Crippen molar-refractivity contribution in [1.29, 1.82) is 0 Å². The highest BCUT2D eigenvalue weighted by Crippen LogP contribution is 2.44. The largest absolute Gasteiger partial charge is 0.359 e. The van der Waals surface area contributed by atoms with Gasteiger partial charge in [0.15, 0.2) is 7.28 Å². The summed E-state index contributed by atoms with van der Waals surface area (Å²) in [6, 6.07) is 0. The lowest BCUT2D eigenvalue weighted by atomic mass is 9.36. The lowest BCUT2D eigenvalue weighted by Gasteiger charge is -2.36. The number of carbonyl (C=O) groups is 2. The summed E-state index contributed by atoms with van der Waals surface area (Å²) in [5.74, 6) is -0.737. The third-order valence-corrected chi connectivity index (χ3v) is 4.21. The van der Waals surface area contributed by atoms with Gasteiger partial charge in [0, 0.05) is 17.7 Å². The minimum atomic E-state index is -0.868. The van der Waals surface area contributed by atoms with Crippen molar-refractivity contribution in [3.63, 3.8) is 0 Å². The van der Waals surface area contributed by atoms with E-state index in [9.17, 15) is 14.1 Å². The molecule has 0 heterocycles. The van der Waals surface area contributed by atoms with E-state index in [4.69, 9.17) is 0 Å². The van der Waals surface area contributed by atoms with Crippen molar-refractivity contribution in [3.05, 3.63) is 0 Å². The van der Waals surface area contributed by atoms with Gasteiger partial charge < -0.3 is 5.32 Å². The summed E-state index contributed by atoms with van der Waals surface area (Å²) < 4.78 is 12.4. The zero-order valence-electron chi connectivity index (χ0n) is 12.0. The summed E-state index contributed by atoms with van der Waals surface area (Å²) in [4.78, 5) is 23.7. The van der Waals surface area contributed by atoms with Gasteiger partial charge in [-0.15, -0.1) is 4.48 Å². The van der Waals surface area contributed by atoms with E-state index in [-0.39, 0.29) is 5.91 Å². The summed E-state index contributed by atoms with van der Waals surface area (Å²) in [5.41, 5.74) is 1.21. The molecular formula is C12H24BFN2O2. The Labute approximate surface area is 109 Å². The normalized spacial score (nSPS) is 14.6. The van der Waals surface area contributed by atoms with Crippen molar-refractivity contribution in [3.8, 4) is 0 Å². The van der Waals surface area contributed by atoms with E-state index in [0.717, 1.165) is 0 Å². The van der Waals surface area contributed by atoms with Gasteiger partial charge in [-0.25, -0.2) is 0 Å². The third kappa shape index (κ3) is 3.24. The number of nitrogens with one attached hydrogen (secondary N) is 2. The molecule has 0 saturated carbocycles. The van der Waals surface area contributed by atoms with E-state index in [1.807, 2.05) is 20.8 Å². The molecule has 0 aromatic heterocycles. The van der Waals surface area contributed by atoms with Gasteiger partial charge >= 0.3 is 0 Å². The Morgan fingerprint density at radius 2 is 1.61 bits per heavy atom. The first-order chi connectivity index (χ1) is 8.35. The number of hydrogen-bond acceptors (Lipinski definition) is 2. The van der Waals surface area contributed by atoms with Crippen LogP contribution in [0.5, 0.6) is 0 Å². The summed E-state index contributed by atoms with van der Waals surface area (Å²) in [6.07, 6.45) is 1.73. The molecule has 0 radical (unpaired) electrons. The highest BCUT2D eigenvalue weighted by molar-refractivity contribution is 6.55. The summed E-state index contributed by atoms with van der Waals surface area (Å²) in [7, 11) is 1.93. The number of halogens is 1. The van der Waals surface area contributed by atoms with Gasteiger partial charge in [0.05, 0.1) is 0 Å². The third-order valence-electron chi connectivity index (χ3n) is 4.21. The van der Waals surface area contributed by atoms with E-state index in [0.29, 0.717) is 26.5 Å². The maximum Gasteiger partial charge on any atom is 0.245 e. The first-order valence-electron chi connectivity index (χ1n) is 6.49. The second-order valence-corrected chi connectivity index (χ2v) is 5.08. The standard InChI is InChI=1S/C12H24BFN2O2/c1-6-11(4,9(17)16-14)13-12(7-2,8-3)10(18)15-5/h13H,6-8H2,1-5H3,(H,15,18)(H,16,17). The molecule has 2 N–H and O–H groups in total. The molecule has 1 unspecified atom stereocenters. The van der Waals surface area contributed by atoms with E-state index >= 15 is 0 Å². The predicted octanol–water partition coefficient (Wildman–Crippen LogP) is 1.74. The van der Waals surface area contributed by atoms with E-state index in [2.05, 4.69) is 5.32 Å². The Kier molecular flexibility index (Phi) is 6.36. The smallest absolute Gasteiger partial charge is 0.245 e. The second kappa shape index (κ2) is 6.76. The van der Waals surface area contributed by atoms with Crippen molar-refractivity contribution in [2.75, 3.05) is 7.05 Å². The number of rotatable bonds is 7. The van der Waals surface area contributed by atoms with Crippen LogP contribution in [-0.4, -0.2) is 26.1 Å². The van der Waals surface area contributed by atoms with Gasteiger partial charge in [-0.05, 0) is 19.3 Å². The van der Waals surface area contributed by atoms with E-state index in [1.54, 1.807) is 14.0 Å². The summed E-state index contributed by atoms with van der Waals surface area (Å²) >= 11 is 0. The average molecular weight is 258 g/mol. The molecule has 0 aliphatic rings. The SMILES string of the molecule is CCC(C)(BC(CC)(CC)C(=O)NC)C(=O)NF. The lowest BCUT2D eigenvalue weighted by molar-refractivity contribution is -0.128. The summed E-state index contributed by atoms with van der Waals surface area (Å²) in [6.45, 7) is 7.37. The van der Waals surface area contributed by atoms with Crippen LogP contribution in [0.25, 0.3) is 0 Å². The van der Waals surface area contributed by atoms with Crippen LogP contribution >= 0.6 is 0 Å². The molecule has 18 heavy (non-hydrogen) atoms. The predicted molar refractivity (Wildman–Crippen MR) is 72.4 cm³/mol. The van der Waals surface area contributed by atoms with Gasteiger partial charge in [0.1, 0.15) is 0 Å². The van der Waals surface area contributed by atoms with Crippen molar-refractivity contribution in [2.45, 2.75) is 57.6 Å². The number of carbonyl (C=O) groups excluding carboxylic acids is 2. The molecule has 1 atom stereocenters. The van der Waals surface area contributed by atoms with Crippen molar-refractivity contribution in [2.24, 2.45) is 0 Å². The molecule has 2 amide bonds. The molecular weight excluding hydrogens is 234 g/mol. The zero-order chi connectivity index (χ0) is 14.4. The maximum absolute atomic E-state index is 12.4. The molecule has 0 fully saturated rings. The van der Waals surface area contributed by atoms with Crippen LogP contribution in [0.1, 0.15) is 47.0 Å². The van der Waals surface area contributed by atoms with Gasteiger partial charge in [-0.3, -0.25) is 9.59 Å². The topological polar surface area (TPSA) is 58.2 Å². The molecule has 0 bridgehead atoms. The molecule has 4 nitrogen and oxygen atoms in total. The molecule has 0 aliphatic carbocycles. The molecule has 0 aromatic carbocycles. The monoisotopic (exact) mass is 258 g/mol. The minimum absolute atomic E-state index is 0.0844. The Hall–Kier alpha value is -1.07. The molecule has 0 aliphatic heterocycles. The highest BCUT2D eigenvalue weighted by atomic mass is 19.2. The van der Waals surface area contributed by atoms with E-state index in [1.165, 1.54) is 5.54 Å². The molecule has 0 rings (SSSR count). The minimum Gasteiger partial charge on any atom is -0.359 e. The van der Waals surface area contributed by atoms with Gasteiger partial charge in [0.25, 0.3) is 0 Å². The quantitative estimate of drug-likeness (QED) is 0.539. The van der Waals surface area contributed by atoms with Gasteiger partial charge in [0.2, 0.25) is 11.8 Å². The van der Waals surface area contributed by atoms with Gasteiger partial charge in [-0.2, -0.15) is 5.54 Å². The first-order valence-corrected chi connectivity index (χ1v) is 6.49. The van der Waals surface area contributed by atoms with E-state index < -0.39 is 16.5 Å². The number of amides is 2. The maximum atomic E-state index is 12.4. The highest BCUT2D eigenvalue weighted by Gasteiger charge is 2.45. The molecule has 6 heteroatoms. The van der Waals surface area contributed by atoms with Crippen molar-refractivity contribution >= 4 is 19.1 Å². The Bertz CT molecular complexity index is 308. The zero-order valence-corrected chi connectivity index (χ0v) is 12.0. The van der Waals surface area contributed by atoms with Crippen LogP contribution in [0.3, 0.4) is 0 Å². The van der Waals surface area contributed by atoms with Crippen molar-refractivity contribution < 1.29 is 14.1 Å². The fourth-order valence-electron chi connectivity index (χ4n) is 2.39. The van der Waals surface area contributed by atoms with Crippen LogP contribution in [0.4, 0.5) is 4.48 Å².